The number of anilines is 3. The van der Waals surface area contributed by atoms with E-state index in [1.54, 1.807) is 18.5 Å². The maximum Gasteiger partial charge on any atom is 0.290 e. The second-order valence-electron chi connectivity index (χ2n) is 8.57. The molecule has 1 saturated heterocycles. The molecule has 0 radical (unpaired) electrons. The second-order valence-corrected chi connectivity index (χ2v) is 8.57. The summed E-state index contributed by atoms with van der Waals surface area (Å²) in [6, 6.07) is 16.0. The molecule has 0 atom stereocenters. The molecule has 1 aliphatic heterocycles. The molecule has 1 amide bonds. The standard InChI is InChI=1S/C27H26FN5O3/c1-18-4-5-21(31-22-11-20(28)12-23(13-22)33-7-9-35-10-8-33)14-24(18)25-15-26(36-32-25)27(34)30-17-19-3-2-6-29-16-19/h2-6,11-16,31H,7-10,17H2,1H3,(H,30,34). The zero-order chi connectivity index (χ0) is 24.9. The first-order valence-electron chi connectivity index (χ1n) is 11.7. The highest BCUT2D eigenvalue weighted by atomic mass is 19.1. The first-order chi connectivity index (χ1) is 17.5. The van der Waals surface area contributed by atoms with Gasteiger partial charge < -0.3 is 24.8 Å². The van der Waals surface area contributed by atoms with Crippen LogP contribution < -0.4 is 15.5 Å². The lowest BCUT2D eigenvalue weighted by Gasteiger charge is -2.29. The van der Waals surface area contributed by atoms with Gasteiger partial charge in [0.05, 0.1) is 13.2 Å². The fourth-order valence-corrected chi connectivity index (χ4v) is 4.07. The van der Waals surface area contributed by atoms with Crippen molar-refractivity contribution in [2.45, 2.75) is 13.5 Å². The van der Waals surface area contributed by atoms with E-state index in [9.17, 15) is 9.18 Å². The number of ether oxygens (including phenoxy) is 1. The number of nitrogens with zero attached hydrogens (tertiary/aromatic N) is 3. The number of halogens is 1. The van der Waals surface area contributed by atoms with E-state index in [0.717, 1.165) is 41.2 Å². The minimum Gasteiger partial charge on any atom is -0.378 e. The van der Waals surface area contributed by atoms with Gasteiger partial charge in [0.2, 0.25) is 5.76 Å². The van der Waals surface area contributed by atoms with Crippen LogP contribution in [-0.4, -0.2) is 42.4 Å². The van der Waals surface area contributed by atoms with E-state index in [4.69, 9.17) is 9.26 Å². The van der Waals surface area contributed by atoms with Crippen LogP contribution in [0, 0.1) is 12.7 Å². The first-order valence-corrected chi connectivity index (χ1v) is 11.7. The van der Waals surface area contributed by atoms with Crippen molar-refractivity contribution in [1.82, 2.24) is 15.5 Å². The molecule has 5 rings (SSSR count). The highest BCUT2D eigenvalue weighted by molar-refractivity contribution is 5.92. The summed E-state index contributed by atoms with van der Waals surface area (Å²) in [5.74, 6) is -0.556. The fraction of sp³-hybridized carbons (Fsp3) is 0.222. The number of rotatable bonds is 7. The smallest absolute Gasteiger partial charge is 0.290 e. The Morgan fingerprint density at radius 3 is 2.75 bits per heavy atom. The van der Waals surface area contributed by atoms with Gasteiger partial charge in [0, 0.05) is 60.7 Å². The van der Waals surface area contributed by atoms with Crippen molar-refractivity contribution in [3.05, 3.63) is 89.7 Å². The number of nitrogens with one attached hydrogen (secondary N) is 2. The number of pyridine rings is 1. The van der Waals surface area contributed by atoms with Gasteiger partial charge in [-0.25, -0.2) is 4.39 Å². The predicted octanol–water partition coefficient (Wildman–Crippen LogP) is 4.69. The largest absolute Gasteiger partial charge is 0.378 e. The Morgan fingerprint density at radius 2 is 1.94 bits per heavy atom. The SMILES string of the molecule is Cc1ccc(Nc2cc(F)cc(N3CCOCC3)c2)cc1-c1cc(C(=O)NCc2cccnc2)on1. The maximum absolute atomic E-state index is 14.4. The molecular weight excluding hydrogens is 461 g/mol. The predicted molar refractivity (Wildman–Crippen MR) is 135 cm³/mol. The van der Waals surface area contributed by atoms with Crippen molar-refractivity contribution in [2.75, 3.05) is 36.5 Å². The van der Waals surface area contributed by atoms with Gasteiger partial charge in [-0.15, -0.1) is 0 Å². The van der Waals surface area contributed by atoms with Gasteiger partial charge in [0.25, 0.3) is 5.91 Å². The Morgan fingerprint density at radius 1 is 1.08 bits per heavy atom. The number of morpholine rings is 1. The summed E-state index contributed by atoms with van der Waals surface area (Å²) in [5.41, 5.74) is 5.41. The monoisotopic (exact) mass is 487 g/mol. The van der Waals surface area contributed by atoms with Gasteiger partial charge in [0.15, 0.2) is 0 Å². The van der Waals surface area contributed by atoms with Gasteiger partial charge in [-0.1, -0.05) is 17.3 Å². The lowest BCUT2D eigenvalue weighted by Crippen LogP contribution is -2.36. The molecule has 2 aromatic heterocycles. The molecule has 0 spiro atoms. The van der Waals surface area contributed by atoms with Crippen LogP contribution in [0.4, 0.5) is 21.5 Å². The first kappa shape index (κ1) is 23.5. The highest BCUT2D eigenvalue weighted by Gasteiger charge is 2.16. The number of carbonyl (C=O) groups excluding carboxylic acids is 1. The molecule has 2 N–H and O–H groups in total. The van der Waals surface area contributed by atoms with Gasteiger partial charge in [-0.05, 0) is 54.4 Å². The summed E-state index contributed by atoms with van der Waals surface area (Å²) in [6.45, 7) is 4.99. The zero-order valence-electron chi connectivity index (χ0n) is 19.8. The number of carbonyl (C=O) groups is 1. The molecule has 0 saturated carbocycles. The summed E-state index contributed by atoms with van der Waals surface area (Å²) in [6.07, 6.45) is 3.37. The molecule has 184 valence electrons. The molecule has 2 aromatic carbocycles. The number of hydrogen-bond acceptors (Lipinski definition) is 7. The van der Waals surface area contributed by atoms with Crippen molar-refractivity contribution in [1.29, 1.82) is 0 Å². The fourth-order valence-electron chi connectivity index (χ4n) is 4.07. The molecule has 0 bridgehead atoms. The lowest BCUT2D eigenvalue weighted by atomic mass is 10.0. The molecule has 0 aliphatic carbocycles. The van der Waals surface area contributed by atoms with Crippen LogP contribution >= 0.6 is 0 Å². The summed E-state index contributed by atoms with van der Waals surface area (Å²) in [7, 11) is 0. The van der Waals surface area contributed by atoms with E-state index in [2.05, 4.69) is 25.7 Å². The van der Waals surface area contributed by atoms with Gasteiger partial charge >= 0.3 is 0 Å². The Kier molecular flexibility index (Phi) is 6.90. The number of hydrogen-bond donors (Lipinski definition) is 2. The maximum atomic E-state index is 14.4. The summed E-state index contributed by atoms with van der Waals surface area (Å²) in [5, 5.41) is 10.2. The van der Waals surface area contributed by atoms with Crippen LogP contribution in [0.5, 0.6) is 0 Å². The number of benzene rings is 2. The topological polar surface area (TPSA) is 92.5 Å². The third kappa shape index (κ3) is 5.52. The van der Waals surface area contributed by atoms with E-state index in [1.807, 2.05) is 43.3 Å². The van der Waals surface area contributed by atoms with Crippen molar-refractivity contribution in [2.24, 2.45) is 0 Å². The molecular formula is C27H26FN5O3. The Balaban J connectivity index is 1.31. The molecule has 9 heteroatoms. The summed E-state index contributed by atoms with van der Waals surface area (Å²) < 4.78 is 25.1. The second kappa shape index (κ2) is 10.6. The Labute approximate surface area is 208 Å². The number of aryl methyl sites for hydroxylation is 1. The van der Waals surface area contributed by atoms with Crippen molar-refractivity contribution >= 4 is 23.0 Å². The van der Waals surface area contributed by atoms with Crippen LogP contribution in [0.15, 0.2) is 71.5 Å². The Hall–Kier alpha value is -4.24. The quantitative estimate of drug-likeness (QED) is 0.391. The van der Waals surface area contributed by atoms with Gasteiger partial charge in [0.1, 0.15) is 11.5 Å². The number of aromatic nitrogens is 2. The highest BCUT2D eigenvalue weighted by Crippen LogP contribution is 2.30. The summed E-state index contributed by atoms with van der Waals surface area (Å²) >= 11 is 0. The van der Waals surface area contributed by atoms with E-state index < -0.39 is 0 Å². The molecule has 8 nitrogen and oxygen atoms in total. The molecule has 4 aromatic rings. The Bertz CT molecular complexity index is 1350. The van der Waals surface area contributed by atoms with Crippen LogP contribution in [0.3, 0.4) is 0 Å². The van der Waals surface area contributed by atoms with Crippen LogP contribution in [-0.2, 0) is 11.3 Å². The third-order valence-corrected chi connectivity index (χ3v) is 5.97. The van der Waals surface area contributed by atoms with Crippen molar-refractivity contribution < 1.29 is 18.4 Å². The molecule has 1 aliphatic rings. The average Bonchev–Trinajstić information content (AvgIpc) is 3.39. The van der Waals surface area contributed by atoms with E-state index in [0.29, 0.717) is 31.1 Å². The molecule has 1 fully saturated rings. The average molecular weight is 488 g/mol. The minimum absolute atomic E-state index is 0.118. The van der Waals surface area contributed by atoms with Crippen molar-refractivity contribution in [3.63, 3.8) is 0 Å². The van der Waals surface area contributed by atoms with Crippen LogP contribution in [0.1, 0.15) is 21.7 Å². The normalized spacial score (nSPS) is 13.4. The number of amides is 1. The third-order valence-electron chi connectivity index (χ3n) is 5.97. The minimum atomic E-state index is -0.361. The molecule has 36 heavy (non-hydrogen) atoms. The lowest BCUT2D eigenvalue weighted by molar-refractivity contribution is 0.0914. The van der Waals surface area contributed by atoms with E-state index in [-0.39, 0.29) is 17.5 Å². The van der Waals surface area contributed by atoms with E-state index >= 15 is 0 Å². The van der Waals surface area contributed by atoms with Crippen LogP contribution in [0.2, 0.25) is 0 Å². The van der Waals surface area contributed by atoms with Gasteiger partial charge in [-0.3, -0.25) is 9.78 Å². The van der Waals surface area contributed by atoms with Crippen LogP contribution in [0.25, 0.3) is 11.3 Å². The zero-order valence-corrected chi connectivity index (χ0v) is 19.8. The molecule has 3 heterocycles. The van der Waals surface area contributed by atoms with Crippen molar-refractivity contribution in [3.8, 4) is 11.3 Å². The van der Waals surface area contributed by atoms with E-state index in [1.165, 1.54) is 12.1 Å². The summed E-state index contributed by atoms with van der Waals surface area (Å²) in [4.78, 5) is 18.7. The van der Waals surface area contributed by atoms with Gasteiger partial charge in [-0.2, -0.15) is 0 Å². The molecule has 0 unspecified atom stereocenters.